The molecule has 0 aliphatic heterocycles. The molecule has 72 valence electrons. The Labute approximate surface area is 81.0 Å². The Morgan fingerprint density at radius 2 is 2.43 bits per heavy atom. The molecule has 0 radical (unpaired) electrons. The largest absolute Gasteiger partial charge is 0.473 e. The van der Waals surface area contributed by atoms with Gasteiger partial charge in [0.15, 0.2) is 5.65 Å². The SMILES string of the molecule is C=CCOc1ncnc2c1cnn2C. The van der Waals surface area contributed by atoms with Crippen LogP contribution in [0.5, 0.6) is 5.88 Å². The highest BCUT2D eigenvalue weighted by Gasteiger charge is 2.07. The molecule has 0 fully saturated rings. The molecule has 2 heterocycles. The zero-order chi connectivity index (χ0) is 9.97. The lowest BCUT2D eigenvalue weighted by molar-refractivity contribution is 0.353. The van der Waals surface area contributed by atoms with Crippen molar-refractivity contribution in [3.05, 3.63) is 25.2 Å². The van der Waals surface area contributed by atoms with E-state index in [1.54, 1.807) is 17.0 Å². The second-order valence-corrected chi connectivity index (χ2v) is 2.78. The van der Waals surface area contributed by atoms with Crippen molar-refractivity contribution in [3.63, 3.8) is 0 Å². The van der Waals surface area contributed by atoms with Gasteiger partial charge in [0.05, 0.1) is 6.20 Å². The lowest BCUT2D eigenvalue weighted by Crippen LogP contribution is -1.97. The molecule has 0 unspecified atom stereocenters. The van der Waals surface area contributed by atoms with Gasteiger partial charge in [0.25, 0.3) is 0 Å². The minimum atomic E-state index is 0.432. The molecule has 0 aliphatic rings. The molecule has 0 bridgehead atoms. The summed E-state index contributed by atoms with van der Waals surface area (Å²) in [6.45, 7) is 4.00. The summed E-state index contributed by atoms with van der Waals surface area (Å²) in [5.74, 6) is 0.544. The molecule has 5 heteroatoms. The van der Waals surface area contributed by atoms with Crippen LogP contribution in [0.3, 0.4) is 0 Å². The summed E-state index contributed by atoms with van der Waals surface area (Å²) in [6.07, 6.45) is 4.82. The molecule has 0 atom stereocenters. The van der Waals surface area contributed by atoms with Crippen LogP contribution in [0.15, 0.2) is 25.2 Å². The van der Waals surface area contributed by atoms with Crippen molar-refractivity contribution >= 4 is 11.0 Å². The average molecular weight is 190 g/mol. The number of rotatable bonds is 3. The molecule has 0 amide bonds. The molecule has 0 aromatic carbocycles. The molecule has 0 N–H and O–H groups in total. The zero-order valence-corrected chi connectivity index (χ0v) is 7.84. The summed E-state index contributed by atoms with van der Waals surface area (Å²) < 4.78 is 7.04. The van der Waals surface area contributed by atoms with Gasteiger partial charge < -0.3 is 4.74 Å². The summed E-state index contributed by atoms with van der Waals surface area (Å²) in [4.78, 5) is 8.12. The third-order valence-corrected chi connectivity index (χ3v) is 1.83. The first-order valence-electron chi connectivity index (χ1n) is 4.19. The molecule has 0 spiro atoms. The predicted octanol–water partition coefficient (Wildman–Crippen LogP) is 0.928. The monoisotopic (exact) mass is 190 g/mol. The van der Waals surface area contributed by atoms with E-state index < -0.39 is 0 Å². The van der Waals surface area contributed by atoms with Gasteiger partial charge in [-0.15, -0.1) is 0 Å². The number of hydrogen-bond acceptors (Lipinski definition) is 4. The molecule has 14 heavy (non-hydrogen) atoms. The Morgan fingerprint density at radius 1 is 1.57 bits per heavy atom. The van der Waals surface area contributed by atoms with Gasteiger partial charge >= 0.3 is 0 Å². The van der Waals surface area contributed by atoms with Gasteiger partial charge in [-0.25, -0.2) is 9.97 Å². The Bertz CT molecular complexity index is 463. The Balaban J connectivity index is 2.48. The van der Waals surface area contributed by atoms with Crippen molar-refractivity contribution < 1.29 is 4.74 Å². The van der Waals surface area contributed by atoms with E-state index in [-0.39, 0.29) is 0 Å². The van der Waals surface area contributed by atoms with E-state index in [0.29, 0.717) is 12.5 Å². The molecule has 2 aromatic rings. The first-order chi connectivity index (χ1) is 6.83. The van der Waals surface area contributed by atoms with Crippen LogP contribution in [-0.2, 0) is 7.05 Å². The summed E-state index contributed by atoms with van der Waals surface area (Å²) in [7, 11) is 1.83. The van der Waals surface area contributed by atoms with Gasteiger partial charge in [-0.05, 0) is 0 Å². The van der Waals surface area contributed by atoms with Crippen LogP contribution in [0.25, 0.3) is 11.0 Å². The number of aromatic nitrogens is 4. The second kappa shape index (κ2) is 3.45. The first-order valence-corrected chi connectivity index (χ1v) is 4.19. The normalized spacial score (nSPS) is 10.4. The van der Waals surface area contributed by atoms with Crippen LogP contribution in [-0.4, -0.2) is 26.4 Å². The van der Waals surface area contributed by atoms with Gasteiger partial charge in [0, 0.05) is 7.05 Å². The Hall–Kier alpha value is -1.91. The van der Waals surface area contributed by atoms with E-state index in [2.05, 4.69) is 21.6 Å². The van der Waals surface area contributed by atoms with E-state index in [4.69, 9.17) is 4.74 Å². The maximum atomic E-state index is 5.36. The molecule has 0 saturated carbocycles. The average Bonchev–Trinajstić information content (AvgIpc) is 2.58. The highest BCUT2D eigenvalue weighted by Crippen LogP contribution is 2.19. The van der Waals surface area contributed by atoms with Crippen LogP contribution < -0.4 is 4.74 Å². The van der Waals surface area contributed by atoms with Crippen LogP contribution >= 0.6 is 0 Å². The fourth-order valence-corrected chi connectivity index (χ4v) is 1.19. The highest BCUT2D eigenvalue weighted by atomic mass is 16.5. The van der Waals surface area contributed by atoms with Crippen molar-refractivity contribution in [1.29, 1.82) is 0 Å². The molecule has 0 saturated heterocycles. The fourth-order valence-electron chi connectivity index (χ4n) is 1.19. The number of nitrogens with zero attached hydrogens (tertiary/aromatic N) is 4. The van der Waals surface area contributed by atoms with Gasteiger partial charge in [-0.3, -0.25) is 4.68 Å². The topological polar surface area (TPSA) is 52.8 Å². The molecule has 5 nitrogen and oxygen atoms in total. The van der Waals surface area contributed by atoms with Crippen molar-refractivity contribution in [1.82, 2.24) is 19.7 Å². The zero-order valence-electron chi connectivity index (χ0n) is 7.84. The highest BCUT2D eigenvalue weighted by molar-refractivity contribution is 5.79. The van der Waals surface area contributed by atoms with Gasteiger partial charge in [-0.2, -0.15) is 5.10 Å². The molecule has 2 aromatic heterocycles. The molecule has 0 aliphatic carbocycles. The molecular formula is C9H10N4O. The van der Waals surface area contributed by atoms with Crippen molar-refractivity contribution in [2.24, 2.45) is 7.05 Å². The number of ether oxygens (including phenoxy) is 1. The van der Waals surface area contributed by atoms with E-state index in [0.717, 1.165) is 11.0 Å². The van der Waals surface area contributed by atoms with Crippen molar-refractivity contribution in [3.8, 4) is 5.88 Å². The summed E-state index contributed by atoms with van der Waals surface area (Å²) >= 11 is 0. The van der Waals surface area contributed by atoms with Crippen LogP contribution in [0.1, 0.15) is 0 Å². The quantitative estimate of drug-likeness (QED) is 0.675. The number of fused-ring (bicyclic) bond motifs is 1. The van der Waals surface area contributed by atoms with E-state index >= 15 is 0 Å². The lowest BCUT2D eigenvalue weighted by Gasteiger charge is -2.01. The Morgan fingerprint density at radius 3 is 3.21 bits per heavy atom. The fraction of sp³-hybridized carbons (Fsp3) is 0.222. The Kier molecular flexibility index (Phi) is 2.14. The van der Waals surface area contributed by atoms with Gasteiger partial charge in [-0.1, -0.05) is 12.7 Å². The van der Waals surface area contributed by atoms with Gasteiger partial charge in [0.2, 0.25) is 5.88 Å². The summed E-state index contributed by atoms with van der Waals surface area (Å²) in [5.41, 5.74) is 0.763. The first kappa shape index (κ1) is 8.68. The lowest BCUT2D eigenvalue weighted by atomic mass is 10.4. The predicted molar refractivity (Wildman–Crippen MR) is 52.0 cm³/mol. The standard InChI is InChI=1S/C9H10N4O/c1-3-4-14-9-7-5-12-13(2)8(7)10-6-11-9/h3,5-6H,1,4H2,2H3. The third-order valence-electron chi connectivity index (χ3n) is 1.83. The maximum absolute atomic E-state index is 5.36. The van der Waals surface area contributed by atoms with Crippen LogP contribution in [0, 0.1) is 0 Å². The summed E-state index contributed by atoms with van der Waals surface area (Å²) in [6, 6.07) is 0. The summed E-state index contributed by atoms with van der Waals surface area (Å²) in [5, 5.41) is 4.89. The third kappa shape index (κ3) is 1.32. The van der Waals surface area contributed by atoms with Crippen molar-refractivity contribution in [2.45, 2.75) is 0 Å². The smallest absolute Gasteiger partial charge is 0.228 e. The number of hydrogen-bond donors (Lipinski definition) is 0. The van der Waals surface area contributed by atoms with Crippen LogP contribution in [0.2, 0.25) is 0 Å². The maximum Gasteiger partial charge on any atom is 0.228 e. The molecular weight excluding hydrogens is 180 g/mol. The van der Waals surface area contributed by atoms with Crippen molar-refractivity contribution in [2.75, 3.05) is 6.61 Å². The minimum Gasteiger partial charge on any atom is -0.473 e. The van der Waals surface area contributed by atoms with Crippen LogP contribution in [0.4, 0.5) is 0 Å². The van der Waals surface area contributed by atoms with E-state index in [1.807, 2.05) is 7.05 Å². The van der Waals surface area contributed by atoms with E-state index in [1.165, 1.54) is 6.33 Å². The molecule has 2 rings (SSSR count). The van der Waals surface area contributed by atoms with Gasteiger partial charge in [0.1, 0.15) is 18.3 Å². The number of aryl methyl sites for hydroxylation is 1. The van der Waals surface area contributed by atoms with E-state index in [9.17, 15) is 0 Å². The second-order valence-electron chi connectivity index (χ2n) is 2.78. The minimum absolute atomic E-state index is 0.432.